The number of nitrogens with one attached hydrogen (secondary N) is 1. The first-order chi connectivity index (χ1) is 15.3. The second-order valence-electron chi connectivity index (χ2n) is 7.66. The summed E-state index contributed by atoms with van der Waals surface area (Å²) in [5, 5.41) is 15.5. The van der Waals surface area contributed by atoms with Gasteiger partial charge in [-0.1, -0.05) is 35.4 Å². The Morgan fingerprint density at radius 2 is 1.87 bits per heavy atom. The molecule has 1 N–H and O–H groups in total. The average molecular weight is 423 g/mol. The van der Waals surface area contributed by atoms with Gasteiger partial charge in [-0.3, -0.25) is 0 Å². The highest BCUT2D eigenvalue weighted by atomic mass is 16.7. The summed E-state index contributed by atoms with van der Waals surface area (Å²) in [5.41, 5.74) is 1.22. The van der Waals surface area contributed by atoms with Crippen molar-refractivity contribution in [2.24, 2.45) is 0 Å². The van der Waals surface area contributed by atoms with Crippen LogP contribution in [0.3, 0.4) is 0 Å². The van der Waals surface area contributed by atoms with Crippen molar-refractivity contribution < 1.29 is 23.7 Å². The summed E-state index contributed by atoms with van der Waals surface area (Å²) in [6, 6.07) is 15.8. The van der Waals surface area contributed by atoms with Gasteiger partial charge in [0.05, 0.1) is 19.3 Å². The molecule has 3 aromatic rings. The second-order valence-corrected chi connectivity index (χ2v) is 7.66. The zero-order valence-corrected chi connectivity index (χ0v) is 16.6. The van der Waals surface area contributed by atoms with Crippen molar-refractivity contribution in [1.82, 2.24) is 25.5 Å². The van der Waals surface area contributed by atoms with Gasteiger partial charge in [-0.05, 0) is 28.1 Å². The van der Waals surface area contributed by atoms with Gasteiger partial charge in [-0.25, -0.2) is 0 Å². The van der Waals surface area contributed by atoms with Crippen LogP contribution in [0.4, 0.5) is 0 Å². The lowest BCUT2D eigenvalue weighted by atomic mass is 10.1. The highest BCUT2D eigenvalue weighted by molar-refractivity contribution is 5.47. The van der Waals surface area contributed by atoms with E-state index in [1.54, 1.807) is 22.9 Å². The number of nitrogens with zero attached hydrogens (tertiary/aromatic N) is 4. The fourth-order valence-corrected chi connectivity index (χ4v) is 4.22. The van der Waals surface area contributed by atoms with Crippen LogP contribution in [0.1, 0.15) is 11.6 Å². The topological polar surface area (TPSA) is 102 Å². The molecule has 0 radical (unpaired) electrons. The molecule has 3 aliphatic heterocycles. The summed E-state index contributed by atoms with van der Waals surface area (Å²) in [6.07, 6.45) is -0.229. The molecule has 1 aromatic heterocycles. The van der Waals surface area contributed by atoms with Crippen LogP contribution in [0.2, 0.25) is 0 Å². The molecule has 10 nitrogen and oxygen atoms in total. The first-order valence-electron chi connectivity index (χ1n) is 10.2. The van der Waals surface area contributed by atoms with Crippen LogP contribution >= 0.6 is 0 Å². The second kappa shape index (κ2) is 7.80. The molecule has 0 aliphatic carbocycles. The van der Waals surface area contributed by atoms with E-state index in [9.17, 15) is 0 Å². The Hall–Kier alpha value is -3.21. The monoisotopic (exact) mass is 423 g/mol. The summed E-state index contributed by atoms with van der Waals surface area (Å²) < 4.78 is 30.5. The maximum absolute atomic E-state index is 6.08. The van der Waals surface area contributed by atoms with Crippen molar-refractivity contribution in [2.75, 3.05) is 20.0 Å². The Morgan fingerprint density at radius 3 is 2.81 bits per heavy atom. The summed E-state index contributed by atoms with van der Waals surface area (Å²) in [4.78, 5) is 0. The quantitative estimate of drug-likeness (QED) is 0.635. The maximum Gasteiger partial charge on any atom is 0.341 e. The van der Waals surface area contributed by atoms with Crippen LogP contribution in [0.5, 0.6) is 23.3 Å². The largest absolute Gasteiger partial charge is 0.454 e. The molecular weight excluding hydrogens is 402 g/mol. The number of ether oxygens (including phenoxy) is 5. The number of hydrogen-bond acceptors (Lipinski definition) is 9. The van der Waals surface area contributed by atoms with E-state index in [4.69, 9.17) is 23.7 Å². The van der Waals surface area contributed by atoms with E-state index in [-0.39, 0.29) is 37.1 Å². The lowest BCUT2D eigenvalue weighted by molar-refractivity contribution is 0.0611. The Bertz CT molecular complexity index is 1060. The molecule has 160 valence electrons. The van der Waals surface area contributed by atoms with Crippen LogP contribution in [0.25, 0.3) is 0 Å². The Morgan fingerprint density at radius 1 is 1.00 bits per heavy atom. The van der Waals surface area contributed by atoms with Crippen LogP contribution in [0.15, 0.2) is 48.5 Å². The van der Waals surface area contributed by atoms with Crippen molar-refractivity contribution >= 4 is 0 Å². The van der Waals surface area contributed by atoms with E-state index in [0.717, 1.165) is 6.54 Å². The number of hydrogen-bond donors (Lipinski definition) is 1. The standard InChI is InChI=1S/C21H21N5O5/c1-2-4-13(5-3-1)9-22-15-10-27-20-16(11-28-19(15)20)26-21(23-24-25-26)31-14-6-7-17-18(8-14)30-12-29-17/h1-8,15-16,19-20,22H,9-12H2/t15-,16-,19+,20+/m0/s1. The molecule has 0 unspecified atom stereocenters. The molecule has 0 bridgehead atoms. The van der Waals surface area contributed by atoms with Crippen molar-refractivity contribution in [3.63, 3.8) is 0 Å². The third-order valence-corrected chi connectivity index (χ3v) is 5.77. The summed E-state index contributed by atoms with van der Waals surface area (Å²) in [5.74, 6) is 1.88. The van der Waals surface area contributed by atoms with E-state index in [2.05, 4.69) is 33.0 Å². The molecule has 0 spiro atoms. The predicted octanol–water partition coefficient (Wildman–Crippen LogP) is 1.69. The molecule has 0 amide bonds. The van der Waals surface area contributed by atoms with Gasteiger partial charge in [0.15, 0.2) is 11.5 Å². The first-order valence-corrected chi connectivity index (χ1v) is 10.2. The highest BCUT2D eigenvalue weighted by Crippen LogP contribution is 2.38. The highest BCUT2D eigenvalue weighted by Gasteiger charge is 2.49. The molecule has 10 heteroatoms. The van der Waals surface area contributed by atoms with Crippen LogP contribution < -0.4 is 19.5 Å². The molecule has 2 fully saturated rings. The lowest BCUT2D eigenvalue weighted by Crippen LogP contribution is -2.40. The van der Waals surface area contributed by atoms with Crippen molar-refractivity contribution in [1.29, 1.82) is 0 Å². The van der Waals surface area contributed by atoms with Gasteiger partial charge < -0.3 is 29.0 Å². The number of tetrazole rings is 1. The van der Waals surface area contributed by atoms with Crippen LogP contribution in [0, 0.1) is 0 Å². The number of rotatable bonds is 6. The van der Waals surface area contributed by atoms with Gasteiger partial charge in [-0.15, -0.1) is 0 Å². The minimum absolute atomic E-state index is 0.0729. The molecular formula is C21H21N5O5. The fourth-order valence-electron chi connectivity index (χ4n) is 4.22. The number of aromatic nitrogens is 4. The van der Waals surface area contributed by atoms with Crippen molar-refractivity contribution in [2.45, 2.75) is 30.8 Å². The Labute approximate surface area is 178 Å². The normalized spacial score (nSPS) is 26.2. The summed E-state index contributed by atoms with van der Waals surface area (Å²) in [7, 11) is 0. The SMILES string of the molecule is c1ccc(CN[C@H]2CO[C@H]3[C@@H]2OC[C@@H]3n2nnnc2Oc2ccc3c(c2)OCO3)cc1. The van der Waals surface area contributed by atoms with E-state index in [1.165, 1.54) is 5.56 Å². The van der Waals surface area contributed by atoms with E-state index in [0.29, 0.717) is 30.5 Å². The third kappa shape index (κ3) is 3.48. The molecule has 0 saturated carbocycles. The minimum atomic E-state index is -0.174. The van der Waals surface area contributed by atoms with Crippen LogP contribution in [-0.4, -0.2) is 58.5 Å². The van der Waals surface area contributed by atoms with Crippen molar-refractivity contribution in [3.05, 3.63) is 54.1 Å². The van der Waals surface area contributed by atoms with Gasteiger partial charge >= 0.3 is 6.01 Å². The zero-order valence-electron chi connectivity index (χ0n) is 16.6. The minimum Gasteiger partial charge on any atom is -0.454 e. The number of fused-ring (bicyclic) bond motifs is 2. The molecule has 2 saturated heterocycles. The van der Waals surface area contributed by atoms with Gasteiger partial charge in [0.25, 0.3) is 0 Å². The van der Waals surface area contributed by atoms with Gasteiger partial charge in [0.1, 0.15) is 24.0 Å². The molecule has 4 heterocycles. The molecule has 3 aliphatic rings. The Balaban J connectivity index is 1.14. The summed E-state index contributed by atoms with van der Waals surface area (Å²) >= 11 is 0. The van der Waals surface area contributed by atoms with E-state index < -0.39 is 0 Å². The molecule has 31 heavy (non-hydrogen) atoms. The molecule has 4 atom stereocenters. The smallest absolute Gasteiger partial charge is 0.341 e. The third-order valence-electron chi connectivity index (χ3n) is 5.77. The average Bonchev–Trinajstić information content (AvgIpc) is 3.58. The Kier molecular flexibility index (Phi) is 4.67. The van der Waals surface area contributed by atoms with E-state index in [1.807, 2.05) is 18.2 Å². The predicted molar refractivity (Wildman–Crippen MR) is 106 cm³/mol. The molecule has 2 aromatic carbocycles. The van der Waals surface area contributed by atoms with Crippen LogP contribution in [-0.2, 0) is 16.0 Å². The van der Waals surface area contributed by atoms with Gasteiger partial charge in [0, 0.05) is 12.6 Å². The van der Waals surface area contributed by atoms with Crippen molar-refractivity contribution in [3.8, 4) is 23.3 Å². The van der Waals surface area contributed by atoms with Gasteiger partial charge in [0.2, 0.25) is 6.79 Å². The van der Waals surface area contributed by atoms with E-state index >= 15 is 0 Å². The first kappa shape index (κ1) is 18.6. The lowest BCUT2D eigenvalue weighted by Gasteiger charge is -2.18. The number of benzene rings is 2. The summed E-state index contributed by atoms with van der Waals surface area (Å²) in [6.45, 7) is 1.98. The molecule has 6 rings (SSSR count). The fraction of sp³-hybridized carbons (Fsp3) is 0.381. The zero-order chi connectivity index (χ0) is 20.6. The van der Waals surface area contributed by atoms with Gasteiger partial charge in [-0.2, -0.15) is 4.68 Å². The maximum atomic E-state index is 6.08.